The number of pyridine rings is 1. The third-order valence-corrected chi connectivity index (χ3v) is 4.54. The van der Waals surface area contributed by atoms with Gasteiger partial charge in [-0.25, -0.2) is 4.98 Å². The monoisotopic (exact) mass is 342 g/mol. The van der Waals surface area contributed by atoms with Gasteiger partial charge in [0.1, 0.15) is 0 Å². The molecule has 1 fully saturated rings. The summed E-state index contributed by atoms with van der Waals surface area (Å²) in [6, 6.07) is 10.8. The zero-order valence-corrected chi connectivity index (χ0v) is 14.4. The van der Waals surface area contributed by atoms with E-state index < -0.39 is 5.95 Å². The zero-order chi connectivity index (χ0) is 17.6. The number of rotatable bonds is 5. The van der Waals surface area contributed by atoms with Gasteiger partial charge in [0.25, 0.3) is 5.91 Å². The maximum Gasteiger partial charge on any atom is 0.253 e. The van der Waals surface area contributed by atoms with Crippen LogP contribution in [0.15, 0.2) is 42.6 Å². The van der Waals surface area contributed by atoms with Crippen LogP contribution in [0.5, 0.6) is 0 Å². The van der Waals surface area contributed by atoms with Gasteiger partial charge in [-0.15, -0.1) is 0 Å². The van der Waals surface area contributed by atoms with Gasteiger partial charge in [0.2, 0.25) is 5.95 Å². The maximum absolute atomic E-state index is 12.9. The van der Waals surface area contributed by atoms with E-state index in [9.17, 15) is 9.18 Å². The van der Waals surface area contributed by atoms with Crippen molar-refractivity contribution in [3.05, 3.63) is 65.2 Å². The first kappa shape index (κ1) is 17.5. The first-order chi connectivity index (χ1) is 12.1. The van der Waals surface area contributed by atoms with Crippen LogP contribution in [0.1, 0.15) is 21.5 Å². The van der Waals surface area contributed by atoms with E-state index >= 15 is 0 Å². The molecule has 1 saturated heterocycles. The Morgan fingerprint density at radius 2 is 1.84 bits per heavy atom. The molecule has 1 aromatic heterocycles. The number of hydrogen-bond acceptors (Lipinski definition) is 4. The Morgan fingerprint density at radius 1 is 1.12 bits per heavy atom. The second-order valence-corrected chi connectivity index (χ2v) is 6.40. The molecule has 0 saturated carbocycles. The molecule has 1 aromatic carbocycles. The fourth-order valence-corrected chi connectivity index (χ4v) is 2.92. The summed E-state index contributed by atoms with van der Waals surface area (Å²) in [6.45, 7) is 5.60. The Kier molecular flexibility index (Phi) is 5.73. The van der Waals surface area contributed by atoms with Crippen LogP contribution in [0.25, 0.3) is 0 Å². The molecule has 0 atom stereocenters. The summed E-state index contributed by atoms with van der Waals surface area (Å²) in [7, 11) is 2.14. The van der Waals surface area contributed by atoms with E-state index in [-0.39, 0.29) is 5.91 Å². The van der Waals surface area contributed by atoms with Crippen molar-refractivity contribution in [2.45, 2.75) is 13.1 Å². The number of aromatic nitrogens is 1. The molecule has 3 rings (SSSR count). The number of carbonyl (C=O) groups is 1. The second-order valence-electron chi connectivity index (χ2n) is 6.40. The van der Waals surface area contributed by atoms with Gasteiger partial charge in [-0.2, -0.15) is 4.39 Å². The average molecular weight is 342 g/mol. The van der Waals surface area contributed by atoms with Crippen LogP contribution in [0.4, 0.5) is 4.39 Å². The maximum atomic E-state index is 12.9. The minimum atomic E-state index is -0.589. The topological polar surface area (TPSA) is 48.5 Å². The standard InChI is InChI=1S/C19H23FN4O/c1-23-8-10-24(11-9-23)14-17-5-3-2-4-15(17)12-22-19(25)16-6-7-18(20)21-13-16/h2-7,13H,8-12,14H2,1H3,(H,22,25). The van der Waals surface area contributed by atoms with Crippen molar-refractivity contribution in [2.24, 2.45) is 0 Å². The molecule has 5 nitrogen and oxygen atoms in total. The number of nitrogens with zero attached hydrogens (tertiary/aromatic N) is 3. The zero-order valence-electron chi connectivity index (χ0n) is 14.4. The number of carbonyl (C=O) groups excluding carboxylic acids is 1. The Balaban J connectivity index is 1.60. The van der Waals surface area contributed by atoms with Gasteiger partial charge >= 0.3 is 0 Å². The molecule has 0 spiro atoms. The highest BCUT2D eigenvalue weighted by Crippen LogP contribution is 2.13. The Hall–Kier alpha value is -2.31. The summed E-state index contributed by atoms with van der Waals surface area (Å²) in [6.07, 6.45) is 1.25. The molecular formula is C19H23FN4O. The minimum Gasteiger partial charge on any atom is -0.348 e. The van der Waals surface area contributed by atoms with Crippen molar-refractivity contribution >= 4 is 5.91 Å². The van der Waals surface area contributed by atoms with Crippen molar-refractivity contribution < 1.29 is 9.18 Å². The summed E-state index contributed by atoms with van der Waals surface area (Å²) in [5, 5.41) is 2.89. The summed E-state index contributed by atoms with van der Waals surface area (Å²) in [5.74, 6) is -0.837. The van der Waals surface area contributed by atoms with Crippen LogP contribution in [-0.2, 0) is 13.1 Å². The summed E-state index contributed by atoms with van der Waals surface area (Å²) in [4.78, 5) is 20.5. The van der Waals surface area contributed by atoms with Gasteiger partial charge in [-0.05, 0) is 30.3 Å². The lowest BCUT2D eigenvalue weighted by molar-refractivity contribution is 0.0950. The highest BCUT2D eigenvalue weighted by atomic mass is 19.1. The van der Waals surface area contributed by atoms with Gasteiger partial charge in [0.15, 0.2) is 0 Å². The lowest BCUT2D eigenvalue weighted by Gasteiger charge is -2.32. The highest BCUT2D eigenvalue weighted by molar-refractivity contribution is 5.93. The third-order valence-electron chi connectivity index (χ3n) is 4.54. The quantitative estimate of drug-likeness (QED) is 0.843. The van der Waals surface area contributed by atoms with Gasteiger partial charge in [-0.3, -0.25) is 9.69 Å². The molecule has 1 aliphatic heterocycles. The summed E-state index contributed by atoms with van der Waals surface area (Å²) >= 11 is 0. The second kappa shape index (κ2) is 8.18. The lowest BCUT2D eigenvalue weighted by Crippen LogP contribution is -2.44. The minimum absolute atomic E-state index is 0.248. The normalized spacial score (nSPS) is 15.9. The Bertz CT molecular complexity index is 712. The van der Waals surface area contributed by atoms with Crippen molar-refractivity contribution in [2.75, 3.05) is 33.2 Å². The van der Waals surface area contributed by atoms with Crippen LogP contribution >= 0.6 is 0 Å². The number of nitrogens with one attached hydrogen (secondary N) is 1. The van der Waals surface area contributed by atoms with Crippen molar-refractivity contribution in [1.82, 2.24) is 20.1 Å². The van der Waals surface area contributed by atoms with Gasteiger partial charge in [-0.1, -0.05) is 24.3 Å². The molecule has 2 heterocycles. The van der Waals surface area contributed by atoms with E-state index in [0.717, 1.165) is 38.3 Å². The van der Waals surface area contributed by atoms with Gasteiger partial charge < -0.3 is 10.2 Å². The van der Waals surface area contributed by atoms with E-state index in [4.69, 9.17) is 0 Å². The molecule has 0 bridgehead atoms. The number of hydrogen-bond donors (Lipinski definition) is 1. The first-order valence-corrected chi connectivity index (χ1v) is 8.49. The number of piperazine rings is 1. The van der Waals surface area contributed by atoms with E-state index in [1.807, 2.05) is 18.2 Å². The number of likely N-dealkylation sites (N-methyl/N-ethyl adjacent to an activating group) is 1. The van der Waals surface area contributed by atoms with Gasteiger partial charge in [0.05, 0.1) is 5.56 Å². The fourth-order valence-electron chi connectivity index (χ4n) is 2.92. The SMILES string of the molecule is CN1CCN(Cc2ccccc2CNC(=O)c2ccc(F)nc2)CC1. The molecule has 1 amide bonds. The van der Waals surface area contributed by atoms with Crippen LogP contribution in [0.3, 0.4) is 0 Å². The van der Waals surface area contributed by atoms with Gasteiger partial charge in [0, 0.05) is 45.5 Å². The molecule has 2 aromatic rings. The molecule has 6 heteroatoms. The van der Waals surface area contributed by atoms with E-state index in [2.05, 4.69) is 33.2 Å². The predicted molar refractivity (Wildman–Crippen MR) is 94.6 cm³/mol. The predicted octanol–water partition coefficient (Wildman–Crippen LogP) is 1.90. The highest BCUT2D eigenvalue weighted by Gasteiger charge is 2.15. The molecule has 1 aliphatic rings. The third kappa shape index (κ3) is 4.84. The molecular weight excluding hydrogens is 319 g/mol. The average Bonchev–Trinajstić information content (AvgIpc) is 2.63. The molecule has 1 N–H and O–H groups in total. The molecule has 0 aliphatic carbocycles. The lowest BCUT2D eigenvalue weighted by atomic mass is 10.1. The Labute approximate surface area is 147 Å². The molecule has 0 radical (unpaired) electrons. The molecule has 25 heavy (non-hydrogen) atoms. The van der Waals surface area contributed by atoms with Crippen LogP contribution < -0.4 is 5.32 Å². The summed E-state index contributed by atoms with van der Waals surface area (Å²) < 4.78 is 12.9. The molecule has 132 valence electrons. The molecule has 0 unspecified atom stereocenters. The van der Waals surface area contributed by atoms with Crippen LogP contribution in [0, 0.1) is 5.95 Å². The summed E-state index contributed by atoms with van der Waals surface area (Å²) in [5.41, 5.74) is 2.69. The van der Waals surface area contributed by atoms with Crippen molar-refractivity contribution in [3.63, 3.8) is 0 Å². The van der Waals surface area contributed by atoms with Crippen molar-refractivity contribution in [1.29, 1.82) is 0 Å². The fraction of sp³-hybridized carbons (Fsp3) is 0.368. The number of benzene rings is 1. The number of halogens is 1. The first-order valence-electron chi connectivity index (χ1n) is 8.49. The largest absolute Gasteiger partial charge is 0.348 e. The van der Waals surface area contributed by atoms with Crippen LogP contribution in [0.2, 0.25) is 0 Å². The van der Waals surface area contributed by atoms with E-state index in [0.29, 0.717) is 12.1 Å². The Morgan fingerprint density at radius 3 is 2.52 bits per heavy atom. The van der Waals surface area contributed by atoms with Crippen LogP contribution in [-0.4, -0.2) is 53.9 Å². The number of amides is 1. The smallest absolute Gasteiger partial charge is 0.253 e. The van der Waals surface area contributed by atoms with Crippen molar-refractivity contribution in [3.8, 4) is 0 Å². The van der Waals surface area contributed by atoms with E-state index in [1.165, 1.54) is 23.9 Å². The van der Waals surface area contributed by atoms with E-state index in [1.54, 1.807) is 0 Å².